The third-order valence-corrected chi connectivity index (χ3v) is 4.45. The lowest BCUT2D eigenvalue weighted by molar-refractivity contribution is 0.284. The van der Waals surface area contributed by atoms with Gasteiger partial charge in [0.05, 0.1) is 19.0 Å². The smallest absolute Gasteiger partial charge is 0.203 e. The van der Waals surface area contributed by atoms with Crippen molar-refractivity contribution < 1.29 is 9.47 Å². The Balaban J connectivity index is 1.63. The van der Waals surface area contributed by atoms with Crippen molar-refractivity contribution in [1.82, 2.24) is 9.97 Å². The third kappa shape index (κ3) is 4.93. The van der Waals surface area contributed by atoms with Gasteiger partial charge in [-0.05, 0) is 36.8 Å². The number of thiazole rings is 1. The monoisotopic (exact) mass is 388 g/mol. The fourth-order valence-electron chi connectivity index (χ4n) is 2.10. The second kappa shape index (κ2) is 8.64. The van der Waals surface area contributed by atoms with Crippen molar-refractivity contribution in [2.75, 3.05) is 12.5 Å². The normalized spacial score (nSPS) is 10.9. The Hall–Kier alpha value is -2.64. The third-order valence-electron chi connectivity index (χ3n) is 3.36. The first-order valence-corrected chi connectivity index (χ1v) is 9.02. The van der Waals surface area contributed by atoms with Gasteiger partial charge in [0.15, 0.2) is 11.5 Å². The molecule has 3 rings (SSSR count). The largest absolute Gasteiger partial charge is 0.493 e. The molecule has 1 aromatic carbocycles. The average Bonchev–Trinajstić information content (AvgIpc) is 3.07. The number of aryl methyl sites for hydroxylation is 1. The minimum Gasteiger partial charge on any atom is -0.493 e. The van der Waals surface area contributed by atoms with Crippen molar-refractivity contribution >= 4 is 34.3 Å². The van der Waals surface area contributed by atoms with Crippen LogP contribution in [0.3, 0.4) is 0 Å². The van der Waals surface area contributed by atoms with E-state index in [1.54, 1.807) is 25.6 Å². The zero-order valence-corrected chi connectivity index (χ0v) is 15.8. The Morgan fingerprint density at radius 1 is 1.27 bits per heavy atom. The molecule has 6 nitrogen and oxygen atoms in total. The average molecular weight is 389 g/mol. The van der Waals surface area contributed by atoms with Crippen molar-refractivity contribution in [1.29, 1.82) is 0 Å². The standard InChI is InChI=1S/C18H17ClN4O2S/c1-12-11-26-18(22-12)23-21-9-13-3-5-15(16(7-13)24-2)25-10-14-4-6-17(19)20-8-14/h3-9,11H,10H2,1-2H3,(H,22,23). The molecule has 2 heterocycles. The van der Waals surface area contributed by atoms with Gasteiger partial charge in [-0.3, -0.25) is 5.43 Å². The SMILES string of the molecule is COc1cc(C=NNc2nc(C)cs2)ccc1OCc1ccc(Cl)nc1. The number of methoxy groups -OCH3 is 1. The number of halogens is 1. The van der Waals surface area contributed by atoms with Crippen molar-refractivity contribution in [2.45, 2.75) is 13.5 Å². The van der Waals surface area contributed by atoms with Crippen LogP contribution < -0.4 is 14.9 Å². The van der Waals surface area contributed by atoms with Gasteiger partial charge in [-0.25, -0.2) is 9.97 Å². The van der Waals surface area contributed by atoms with Crippen molar-refractivity contribution in [3.8, 4) is 11.5 Å². The Bertz CT molecular complexity index is 896. The fourth-order valence-corrected chi connectivity index (χ4v) is 2.85. The maximum atomic E-state index is 5.81. The number of rotatable bonds is 7. The molecule has 0 spiro atoms. The Morgan fingerprint density at radius 2 is 2.15 bits per heavy atom. The summed E-state index contributed by atoms with van der Waals surface area (Å²) in [5, 5.41) is 7.36. The van der Waals surface area contributed by atoms with Gasteiger partial charge >= 0.3 is 0 Å². The van der Waals surface area contributed by atoms with E-state index < -0.39 is 0 Å². The molecule has 0 unspecified atom stereocenters. The van der Waals surface area contributed by atoms with Gasteiger partial charge in [-0.2, -0.15) is 5.10 Å². The molecule has 0 fully saturated rings. The molecule has 0 radical (unpaired) electrons. The second-order valence-electron chi connectivity index (χ2n) is 5.35. The Labute approximate surface area is 160 Å². The van der Waals surface area contributed by atoms with Crippen molar-refractivity contribution in [2.24, 2.45) is 5.10 Å². The number of nitrogens with one attached hydrogen (secondary N) is 1. The number of aromatic nitrogens is 2. The molecule has 2 aromatic heterocycles. The second-order valence-corrected chi connectivity index (χ2v) is 6.60. The van der Waals surface area contributed by atoms with E-state index in [4.69, 9.17) is 21.1 Å². The predicted octanol–water partition coefficient (Wildman–Crippen LogP) is 4.53. The molecule has 0 aliphatic carbocycles. The van der Waals surface area contributed by atoms with E-state index in [9.17, 15) is 0 Å². The molecule has 0 aliphatic heterocycles. The van der Waals surface area contributed by atoms with Crippen molar-refractivity contribution in [3.63, 3.8) is 0 Å². The number of nitrogens with zero attached hydrogens (tertiary/aromatic N) is 3. The predicted molar refractivity (Wildman–Crippen MR) is 105 cm³/mol. The van der Waals surface area contributed by atoms with E-state index in [1.165, 1.54) is 11.3 Å². The van der Waals surface area contributed by atoms with Crippen LogP contribution in [0.5, 0.6) is 11.5 Å². The van der Waals surface area contributed by atoms with Gasteiger partial charge in [-0.1, -0.05) is 17.7 Å². The Morgan fingerprint density at radius 3 is 2.85 bits per heavy atom. The number of hydrogen-bond acceptors (Lipinski definition) is 7. The number of pyridine rings is 1. The van der Waals surface area contributed by atoms with Crippen LogP contribution in [0, 0.1) is 6.92 Å². The molecule has 0 bridgehead atoms. The van der Waals surface area contributed by atoms with E-state index in [2.05, 4.69) is 20.5 Å². The number of benzene rings is 1. The van der Waals surface area contributed by atoms with Gasteiger partial charge < -0.3 is 9.47 Å². The summed E-state index contributed by atoms with van der Waals surface area (Å²) in [6.45, 7) is 2.31. The maximum absolute atomic E-state index is 5.81. The van der Waals surface area contributed by atoms with Crippen LogP contribution in [0.15, 0.2) is 47.0 Å². The molecular formula is C18H17ClN4O2S. The highest BCUT2D eigenvalue weighted by molar-refractivity contribution is 7.13. The summed E-state index contributed by atoms with van der Waals surface area (Å²) in [6, 6.07) is 9.20. The molecule has 8 heteroatoms. The van der Waals surface area contributed by atoms with Gasteiger partial charge in [-0.15, -0.1) is 11.3 Å². The van der Waals surface area contributed by atoms with E-state index in [0.29, 0.717) is 23.3 Å². The van der Waals surface area contributed by atoms with Crippen LogP contribution in [0.25, 0.3) is 0 Å². The molecule has 0 atom stereocenters. The topological polar surface area (TPSA) is 68.6 Å². The molecular weight excluding hydrogens is 372 g/mol. The lowest BCUT2D eigenvalue weighted by Crippen LogP contribution is -1.99. The minimum atomic E-state index is 0.374. The van der Waals surface area contributed by atoms with Crippen LogP contribution in [0.4, 0.5) is 5.13 Å². The van der Waals surface area contributed by atoms with Crippen LogP contribution in [0.1, 0.15) is 16.8 Å². The van der Waals surface area contributed by atoms with Crippen LogP contribution >= 0.6 is 22.9 Å². The molecule has 0 saturated heterocycles. The molecule has 3 aromatic rings. The summed E-state index contributed by atoms with van der Waals surface area (Å²) in [5.74, 6) is 1.27. The van der Waals surface area contributed by atoms with Gasteiger partial charge in [0, 0.05) is 17.1 Å². The summed E-state index contributed by atoms with van der Waals surface area (Å²) < 4.78 is 11.2. The minimum absolute atomic E-state index is 0.374. The van der Waals surface area contributed by atoms with Crippen LogP contribution in [-0.2, 0) is 6.61 Å². The molecule has 0 amide bonds. The summed E-state index contributed by atoms with van der Waals surface area (Å²) in [4.78, 5) is 8.32. The summed E-state index contributed by atoms with van der Waals surface area (Å²) >= 11 is 7.29. The zero-order valence-electron chi connectivity index (χ0n) is 14.3. The molecule has 0 saturated carbocycles. The van der Waals surface area contributed by atoms with E-state index in [0.717, 1.165) is 22.0 Å². The first kappa shape index (κ1) is 18.2. The van der Waals surface area contributed by atoms with Crippen molar-refractivity contribution in [3.05, 3.63) is 63.9 Å². The Kier molecular flexibility index (Phi) is 6.04. The molecule has 1 N–H and O–H groups in total. The van der Waals surface area contributed by atoms with Crippen LogP contribution in [-0.4, -0.2) is 23.3 Å². The summed E-state index contributed by atoms with van der Waals surface area (Å²) in [6.07, 6.45) is 3.38. The van der Waals surface area contributed by atoms with E-state index >= 15 is 0 Å². The molecule has 26 heavy (non-hydrogen) atoms. The number of hydrogen-bond donors (Lipinski definition) is 1. The van der Waals surface area contributed by atoms with Crippen LogP contribution in [0.2, 0.25) is 5.15 Å². The van der Waals surface area contributed by atoms with Gasteiger partial charge in [0.25, 0.3) is 0 Å². The quantitative estimate of drug-likeness (QED) is 0.365. The van der Waals surface area contributed by atoms with E-state index in [-0.39, 0.29) is 0 Å². The van der Waals surface area contributed by atoms with Gasteiger partial charge in [0.2, 0.25) is 5.13 Å². The molecule has 0 aliphatic rings. The number of anilines is 1. The fraction of sp³-hybridized carbons (Fsp3) is 0.167. The van der Waals surface area contributed by atoms with Gasteiger partial charge in [0.1, 0.15) is 11.8 Å². The highest BCUT2D eigenvalue weighted by Crippen LogP contribution is 2.28. The highest BCUT2D eigenvalue weighted by atomic mass is 35.5. The lowest BCUT2D eigenvalue weighted by atomic mass is 10.2. The number of ether oxygens (including phenoxy) is 2. The first-order valence-electron chi connectivity index (χ1n) is 7.76. The zero-order chi connectivity index (χ0) is 18.4. The maximum Gasteiger partial charge on any atom is 0.203 e. The summed E-state index contributed by atoms with van der Waals surface area (Å²) in [5.41, 5.74) is 5.67. The summed E-state index contributed by atoms with van der Waals surface area (Å²) in [7, 11) is 1.60. The highest BCUT2D eigenvalue weighted by Gasteiger charge is 2.06. The first-order chi connectivity index (χ1) is 12.6. The lowest BCUT2D eigenvalue weighted by Gasteiger charge is -2.11. The number of hydrazone groups is 1. The van der Waals surface area contributed by atoms with E-state index in [1.807, 2.05) is 36.6 Å². The molecule has 134 valence electrons.